The number of aliphatic imine (C=N–C) groups is 1. The second-order valence-corrected chi connectivity index (χ2v) is 7.44. The number of hydrogen-bond donors (Lipinski definition) is 2. The predicted octanol–water partition coefficient (Wildman–Crippen LogP) is 3.86. The van der Waals surface area contributed by atoms with Gasteiger partial charge in [-0.25, -0.2) is 0 Å². The minimum absolute atomic E-state index is 0. The summed E-state index contributed by atoms with van der Waals surface area (Å²) in [6.45, 7) is 4.00. The third-order valence-corrected chi connectivity index (χ3v) is 5.70. The zero-order chi connectivity index (χ0) is 15.2. The molecule has 1 heterocycles. The number of thioether (sulfide) groups is 1. The first-order valence-electron chi connectivity index (χ1n) is 8.54. The van der Waals surface area contributed by atoms with Crippen molar-refractivity contribution in [3.8, 4) is 0 Å². The standard InChI is InChI=1S/C18H27N3S.HI/c1-2-19-18(21-16-9-6-10-22-13-16)20-12-15-11-17(15)14-7-4-3-5-8-14;/h3-5,7-8,15-17H,2,6,9-13H2,1H3,(H2,19,20,21);1H. The van der Waals surface area contributed by atoms with Crippen LogP contribution in [0.3, 0.4) is 0 Å². The van der Waals surface area contributed by atoms with E-state index in [9.17, 15) is 0 Å². The minimum atomic E-state index is 0. The van der Waals surface area contributed by atoms with Gasteiger partial charge in [-0.15, -0.1) is 24.0 Å². The molecule has 1 aliphatic heterocycles. The Hall–Kier alpha value is -0.430. The highest BCUT2D eigenvalue weighted by atomic mass is 127. The van der Waals surface area contributed by atoms with Crippen LogP contribution in [0.4, 0.5) is 0 Å². The second kappa shape index (κ2) is 9.77. The molecule has 0 spiro atoms. The van der Waals surface area contributed by atoms with Gasteiger partial charge in [0, 0.05) is 24.9 Å². The summed E-state index contributed by atoms with van der Waals surface area (Å²) in [5.74, 6) is 4.97. The maximum absolute atomic E-state index is 4.83. The second-order valence-electron chi connectivity index (χ2n) is 6.29. The van der Waals surface area contributed by atoms with Crippen LogP contribution in [0.2, 0.25) is 0 Å². The topological polar surface area (TPSA) is 36.4 Å². The van der Waals surface area contributed by atoms with Crippen LogP contribution in [0.5, 0.6) is 0 Å². The SMILES string of the molecule is CCNC(=NCC1CC1c1ccccc1)NC1CCCSC1.I. The fraction of sp³-hybridized carbons (Fsp3) is 0.611. The Balaban J connectivity index is 0.00000192. The summed E-state index contributed by atoms with van der Waals surface area (Å²) in [5.41, 5.74) is 1.48. The maximum Gasteiger partial charge on any atom is 0.191 e. The quantitative estimate of drug-likeness (QED) is 0.411. The fourth-order valence-electron chi connectivity index (χ4n) is 3.13. The molecule has 3 nitrogen and oxygen atoms in total. The molecule has 3 atom stereocenters. The molecule has 1 saturated carbocycles. The Morgan fingerprint density at radius 2 is 2.13 bits per heavy atom. The summed E-state index contributed by atoms with van der Waals surface area (Å²) in [5, 5.41) is 7.01. The van der Waals surface area contributed by atoms with Gasteiger partial charge in [-0.3, -0.25) is 4.99 Å². The van der Waals surface area contributed by atoms with Gasteiger partial charge in [0.15, 0.2) is 5.96 Å². The molecule has 23 heavy (non-hydrogen) atoms. The largest absolute Gasteiger partial charge is 0.357 e. The molecular weight excluding hydrogens is 417 g/mol. The molecule has 2 aliphatic rings. The van der Waals surface area contributed by atoms with E-state index < -0.39 is 0 Å². The van der Waals surface area contributed by atoms with E-state index in [0.717, 1.165) is 30.9 Å². The average molecular weight is 445 g/mol. The highest BCUT2D eigenvalue weighted by Crippen LogP contribution is 2.47. The summed E-state index contributed by atoms with van der Waals surface area (Å²) in [6, 6.07) is 11.4. The van der Waals surface area contributed by atoms with Crippen LogP contribution < -0.4 is 10.6 Å². The zero-order valence-corrected chi connectivity index (χ0v) is 17.0. The van der Waals surface area contributed by atoms with Gasteiger partial charge in [0.05, 0.1) is 0 Å². The van der Waals surface area contributed by atoms with Crippen molar-refractivity contribution in [2.45, 2.75) is 38.1 Å². The van der Waals surface area contributed by atoms with Crippen LogP contribution in [0.15, 0.2) is 35.3 Å². The van der Waals surface area contributed by atoms with Crippen molar-refractivity contribution in [1.82, 2.24) is 10.6 Å². The first-order chi connectivity index (χ1) is 10.9. The first-order valence-corrected chi connectivity index (χ1v) is 9.70. The average Bonchev–Trinajstić information content (AvgIpc) is 3.34. The van der Waals surface area contributed by atoms with Gasteiger partial charge in [0.2, 0.25) is 0 Å². The van der Waals surface area contributed by atoms with Crippen LogP contribution >= 0.6 is 35.7 Å². The molecule has 2 N–H and O–H groups in total. The number of rotatable bonds is 5. The number of nitrogens with zero attached hydrogens (tertiary/aromatic N) is 1. The molecule has 2 fully saturated rings. The van der Waals surface area contributed by atoms with E-state index >= 15 is 0 Å². The third-order valence-electron chi connectivity index (χ3n) is 4.48. The molecule has 3 rings (SSSR count). The van der Waals surface area contributed by atoms with E-state index in [0.29, 0.717) is 6.04 Å². The van der Waals surface area contributed by atoms with Gasteiger partial charge in [0.25, 0.3) is 0 Å². The zero-order valence-electron chi connectivity index (χ0n) is 13.8. The Labute approximate surface area is 161 Å². The molecule has 3 unspecified atom stereocenters. The van der Waals surface area contributed by atoms with Crippen molar-refractivity contribution in [2.24, 2.45) is 10.9 Å². The predicted molar refractivity (Wildman–Crippen MR) is 112 cm³/mol. The summed E-state index contributed by atoms with van der Waals surface area (Å²) in [4.78, 5) is 4.83. The first kappa shape index (κ1) is 18.9. The smallest absolute Gasteiger partial charge is 0.191 e. The highest BCUT2D eigenvalue weighted by Gasteiger charge is 2.37. The van der Waals surface area contributed by atoms with Crippen molar-refractivity contribution in [1.29, 1.82) is 0 Å². The lowest BCUT2D eigenvalue weighted by atomic mass is 10.1. The number of benzene rings is 1. The molecular formula is C18H28IN3S. The van der Waals surface area contributed by atoms with E-state index in [2.05, 4.69) is 59.7 Å². The Kier molecular flexibility index (Phi) is 8.03. The van der Waals surface area contributed by atoms with E-state index in [1.54, 1.807) is 0 Å². The third kappa shape index (κ3) is 5.85. The number of hydrogen-bond acceptors (Lipinski definition) is 2. The molecule has 1 aromatic rings. The fourth-order valence-corrected chi connectivity index (χ4v) is 4.21. The molecule has 1 aliphatic carbocycles. The Morgan fingerprint density at radius 1 is 1.30 bits per heavy atom. The van der Waals surface area contributed by atoms with Crippen LogP contribution in [-0.2, 0) is 0 Å². The summed E-state index contributed by atoms with van der Waals surface area (Å²) in [7, 11) is 0. The monoisotopic (exact) mass is 445 g/mol. The van der Waals surface area contributed by atoms with Crippen LogP contribution in [-0.4, -0.2) is 36.6 Å². The summed E-state index contributed by atoms with van der Waals surface area (Å²) >= 11 is 2.05. The van der Waals surface area contributed by atoms with E-state index in [1.165, 1.54) is 36.3 Å². The Morgan fingerprint density at radius 3 is 2.83 bits per heavy atom. The molecule has 0 aromatic heterocycles. The van der Waals surface area contributed by atoms with Crippen molar-refractivity contribution in [3.05, 3.63) is 35.9 Å². The van der Waals surface area contributed by atoms with Crippen molar-refractivity contribution in [2.75, 3.05) is 24.6 Å². The van der Waals surface area contributed by atoms with Crippen LogP contribution in [0.25, 0.3) is 0 Å². The maximum atomic E-state index is 4.83. The summed E-state index contributed by atoms with van der Waals surface area (Å²) in [6.07, 6.45) is 3.88. The van der Waals surface area contributed by atoms with Crippen molar-refractivity contribution >= 4 is 41.7 Å². The normalized spacial score (nSPS) is 27.0. The molecule has 5 heteroatoms. The highest BCUT2D eigenvalue weighted by molar-refractivity contribution is 14.0. The van der Waals surface area contributed by atoms with Gasteiger partial charge in [0.1, 0.15) is 0 Å². The van der Waals surface area contributed by atoms with Crippen molar-refractivity contribution < 1.29 is 0 Å². The summed E-state index contributed by atoms with van der Waals surface area (Å²) < 4.78 is 0. The van der Waals surface area contributed by atoms with Gasteiger partial charge in [-0.2, -0.15) is 11.8 Å². The number of guanidine groups is 1. The molecule has 0 bridgehead atoms. The van der Waals surface area contributed by atoms with E-state index in [1.807, 2.05) is 0 Å². The lowest BCUT2D eigenvalue weighted by Gasteiger charge is -2.24. The molecule has 1 aromatic carbocycles. The van der Waals surface area contributed by atoms with Crippen LogP contribution in [0, 0.1) is 5.92 Å². The number of halogens is 1. The van der Waals surface area contributed by atoms with Gasteiger partial charge in [-0.05, 0) is 49.3 Å². The van der Waals surface area contributed by atoms with Gasteiger partial charge in [-0.1, -0.05) is 30.3 Å². The Bertz CT molecular complexity index is 488. The lowest BCUT2D eigenvalue weighted by Crippen LogP contribution is -2.45. The van der Waals surface area contributed by atoms with E-state index in [4.69, 9.17) is 4.99 Å². The van der Waals surface area contributed by atoms with Gasteiger partial charge >= 0.3 is 0 Å². The minimum Gasteiger partial charge on any atom is -0.357 e. The van der Waals surface area contributed by atoms with Crippen LogP contribution in [0.1, 0.15) is 37.7 Å². The van der Waals surface area contributed by atoms with Gasteiger partial charge < -0.3 is 10.6 Å². The molecule has 1 saturated heterocycles. The number of nitrogens with one attached hydrogen (secondary N) is 2. The van der Waals surface area contributed by atoms with E-state index in [-0.39, 0.29) is 24.0 Å². The molecule has 0 radical (unpaired) electrons. The molecule has 0 amide bonds. The van der Waals surface area contributed by atoms with Crippen molar-refractivity contribution in [3.63, 3.8) is 0 Å². The molecule has 128 valence electrons. The lowest BCUT2D eigenvalue weighted by molar-refractivity contribution is 0.581.